The minimum atomic E-state index is -4.44. The van der Waals surface area contributed by atoms with Crippen molar-refractivity contribution in [2.45, 2.75) is 39.7 Å². The average Bonchev–Trinajstić information content (AvgIpc) is 3.37. The first-order valence-corrected chi connectivity index (χ1v) is 12.7. The molecule has 0 bridgehead atoms. The Morgan fingerprint density at radius 1 is 0.974 bits per heavy atom. The predicted octanol–water partition coefficient (Wildman–Crippen LogP) is 4.60. The Balaban J connectivity index is 1.49. The van der Waals surface area contributed by atoms with Gasteiger partial charge in [0.15, 0.2) is 5.69 Å². The molecule has 2 heterocycles. The summed E-state index contributed by atoms with van der Waals surface area (Å²) in [5, 5.41) is 0. The van der Waals surface area contributed by atoms with Crippen LogP contribution in [0.5, 0.6) is 5.75 Å². The highest BCUT2D eigenvalue weighted by Gasteiger charge is 2.30. The zero-order chi connectivity index (χ0) is 28.0. The van der Waals surface area contributed by atoms with Crippen LogP contribution in [-0.4, -0.2) is 64.3 Å². The number of ether oxygens (including phenoxy) is 1. The largest absolute Gasteiger partial charge is 0.494 e. The molecule has 0 aliphatic carbocycles. The standard InChI is InChI=1S/C28H31F3N4O4/c1-3-38-24-9-7-21(8-10-24)16-33(17-22-5-4-6-23(15-22)28(29,30)31)18-26-32-25(19-39-26)27(37)35-13-11-34(12-14-35)20(2)36/h4-10,15,19H,3,11-14,16-18H2,1-2H3. The summed E-state index contributed by atoms with van der Waals surface area (Å²) in [6, 6.07) is 12.7. The van der Waals surface area contributed by atoms with E-state index in [2.05, 4.69) is 4.98 Å². The topological polar surface area (TPSA) is 79.1 Å². The first-order valence-electron chi connectivity index (χ1n) is 12.7. The van der Waals surface area contributed by atoms with Crippen LogP contribution < -0.4 is 4.74 Å². The number of amides is 2. The minimum absolute atomic E-state index is 0.0285. The quantitative estimate of drug-likeness (QED) is 0.392. The van der Waals surface area contributed by atoms with Crippen LogP contribution in [0.15, 0.2) is 59.2 Å². The molecule has 0 N–H and O–H groups in total. The van der Waals surface area contributed by atoms with Crippen LogP contribution in [0.2, 0.25) is 0 Å². The second kappa shape index (κ2) is 12.3. The molecule has 208 valence electrons. The molecule has 1 aromatic heterocycles. The molecule has 0 atom stereocenters. The zero-order valence-electron chi connectivity index (χ0n) is 21.9. The molecule has 1 aliphatic rings. The van der Waals surface area contributed by atoms with Gasteiger partial charge in [-0.1, -0.05) is 30.3 Å². The predicted molar refractivity (Wildman–Crippen MR) is 137 cm³/mol. The van der Waals surface area contributed by atoms with Gasteiger partial charge in [0, 0.05) is 46.2 Å². The molecule has 39 heavy (non-hydrogen) atoms. The number of aromatic nitrogens is 1. The number of hydrogen-bond acceptors (Lipinski definition) is 6. The Labute approximate surface area is 225 Å². The van der Waals surface area contributed by atoms with E-state index in [1.807, 2.05) is 36.1 Å². The first kappa shape index (κ1) is 28.2. The van der Waals surface area contributed by atoms with E-state index in [9.17, 15) is 22.8 Å². The van der Waals surface area contributed by atoms with Crippen molar-refractivity contribution in [3.05, 3.63) is 83.1 Å². The Kier molecular flexibility index (Phi) is 8.90. The van der Waals surface area contributed by atoms with Crippen LogP contribution in [0.1, 0.15) is 46.9 Å². The van der Waals surface area contributed by atoms with Gasteiger partial charge in [0.05, 0.1) is 18.7 Å². The van der Waals surface area contributed by atoms with Crippen molar-refractivity contribution in [1.82, 2.24) is 19.7 Å². The molecule has 1 aliphatic heterocycles. The average molecular weight is 545 g/mol. The van der Waals surface area contributed by atoms with Gasteiger partial charge in [-0.25, -0.2) is 4.98 Å². The number of benzene rings is 2. The molecule has 1 fully saturated rings. The summed E-state index contributed by atoms with van der Waals surface area (Å²) < 4.78 is 51.0. The maximum absolute atomic E-state index is 13.3. The van der Waals surface area contributed by atoms with Gasteiger partial charge in [0.25, 0.3) is 5.91 Å². The number of piperazine rings is 1. The van der Waals surface area contributed by atoms with E-state index in [4.69, 9.17) is 9.15 Å². The zero-order valence-corrected chi connectivity index (χ0v) is 21.9. The molecular formula is C28H31F3N4O4. The van der Waals surface area contributed by atoms with Gasteiger partial charge in [0.1, 0.15) is 12.0 Å². The second-order valence-corrected chi connectivity index (χ2v) is 9.35. The Bertz CT molecular complexity index is 1270. The van der Waals surface area contributed by atoms with E-state index in [-0.39, 0.29) is 36.5 Å². The third-order valence-corrected chi connectivity index (χ3v) is 6.44. The van der Waals surface area contributed by atoms with Gasteiger partial charge in [-0.15, -0.1) is 0 Å². The number of carbonyl (C=O) groups is 2. The van der Waals surface area contributed by atoms with Crippen LogP contribution in [0.25, 0.3) is 0 Å². The summed E-state index contributed by atoms with van der Waals surface area (Å²) in [5.74, 6) is 0.688. The van der Waals surface area contributed by atoms with Crippen LogP contribution >= 0.6 is 0 Å². The Morgan fingerprint density at radius 3 is 2.28 bits per heavy atom. The van der Waals surface area contributed by atoms with E-state index in [1.54, 1.807) is 15.9 Å². The lowest BCUT2D eigenvalue weighted by Crippen LogP contribution is -2.50. The number of carbonyl (C=O) groups excluding carboxylic acids is 2. The molecule has 0 saturated carbocycles. The van der Waals surface area contributed by atoms with Gasteiger partial charge in [-0.05, 0) is 36.2 Å². The lowest BCUT2D eigenvalue weighted by Gasteiger charge is -2.33. The van der Waals surface area contributed by atoms with Gasteiger partial charge in [-0.3, -0.25) is 14.5 Å². The molecule has 11 heteroatoms. The molecule has 0 spiro atoms. The number of oxazole rings is 1. The second-order valence-electron chi connectivity index (χ2n) is 9.35. The van der Waals surface area contributed by atoms with Gasteiger partial charge in [-0.2, -0.15) is 13.2 Å². The van der Waals surface area contributed by atoms with Crippen molar-refractivity contribution in [2.24, 2.45) is 0 Å². The number of hydrogen-bond donors (Lipinski definition) is 0. The summed E-state index contributed by atoms with van der Waals surface area (Å²) in [7, 11) is 0. The summed E-state index contributed by atoms with van der Waals surface area (Å²) in [6.07, 6.45) is -3.14. The number of rotatable bonds is 9. The SMILES string of the molecule is CCOc1ccc(CN(Cc2cccc(C(F)(F)F)c2)Cc2nc(C(=O)N3CCN(C(C)=O)CC3)co2)cc1. The molecule has 8 nitrogen and oxygen atoms in total. The van der Waals surface area contributed by atoms with Crippen LogP contribution in [0.4, 0.5) is 13.2 Å². The highest BCUT2D eigenvalue weighted by molar-refractivity contribution is 5.92. The third-order valence-electron chi connectivity index (χ3n) is 6.44. The van der Waals surface area contributed by atoms with E-state index in [0.717, 1.165) is 23.4 Å². The van der Waals surface area contributed by atoms with Gasteiger partial charge in [0.2, 0.25) is 11.8 Å². The van der Waals surface area contributed by atoms with Crippen molar-refractivity contribution in [1.29, 1.82) is 0 Å². The molecule has 1 saturated heterocycles. The van der Waals surface area contributed by atoms with Crippen molar-refractivity contribution in [3.63, 3.8) is 0 Å². The van der Waals surface area contributed by atoms with Gasteiger partial charge >= 0.3 is 6.18 Å². The van der Waals surface area contributed by atoms with E-state index in [0.29, 0.717) is 44.9 Å². The summed E-state index contributed by atoms with van der Waals surface area (Å²) in [4.78, 5) is 34.1. The summed E-state index contributed by atoms with van der Waals surface area (Å²) in [5.41, 5.74) is 0.856. The molecule has 0 radical (unpaired) electrons. The molecule has 4 rings (SSSR count). The maximum Gasteiger partial charge on any atom is 0.416 e. The fraction of sp³-hybridized carbons (Fsp3) is 0.393. The van der Waals surface area contributed by atoms with E-state index < -0.39 is 11.7 Å². The maximum atomic E-state index is 13.3. The number of nitrogens with zero attached hydrogens (tertiary/aromatic N) is 4. The van der Waals surface area contributed by atoms with Crippen LogP contribution in [0.3, 0.4) is 0 Å². The fourth-order valence-electron chi connectivity index (χ4n) is 4.45. The Morgan fingerprint density at radius 2 is 1.64 bits per heavy atom. The molecule has 0 unspecified atom stereocenters. The van der Waals surface area contributed by atoms with Crippen LogP contribution in [0, 0.1) is 0 Å². The fourth-order valence-corrected chi connectivity index (χ4v) is 4.45. The highest BCUT2D eigenvalue weighted by Crippen LogP contribution is 2.30. The number of alkyl halides is 3. The third kappa shape index (κ3) is 7.60. The van der Waals surface area contributed by atoms with E-state index >= 15 is 0 Å². The normalized spacial score (nSPS) is 14.1. The lowest BCUT2D eigenvalue weighted by molar-refractivity contribution is -0.137. The first-order chi connectivity index (χ1) is 18.6. The Hall–Kier alpha value is -3.86. The van der Waals surface area contributed by atoms with Crippen LogP contribution in [-0.2, 0) is 30.6 Å². The lowest BCUT2D eigenvalue weighted by atomic mass is 10.1. The molecular weight excluding hydrogens is 513 g/mol. The molecule has 3 aromatic rings. The summed E-state index contributed by atoms with van der Waals surface area (Å²) >= 11 is 0. The number of halogens is 3. The summed E-state index contributed by atoms with van der Waals surface area (Å²) in [6.45, 7) is 6.44. The molecule has 2 amide bonds. The highest BCUT2D eigenvalue weighted by atomic mass is 19.4. The van der Waals surface area contributed by atoms with Crippen molar-refractivity contribution < 1.29 is 31.9 Å². The smallest absolute Gasteiger partial charge is 0.416 e. The van der Waals surface area contributed by atoms with E-state index in [1.165, 1.54) is 19.3 Å². The monoisotopic (exact) mass is 544 g/mol. The van der Waals surface area contributed by atoms with Crippen molar-refractivity contribution >= 4 is 11.8 Å². The van der Waals surface area contributed by atoms with Gasteiger partial charge < -0.3 is 19.0 Å². The van der Waals surface area contributed by atoms with Crippen molar-refractivity contribution in [2.75, 3.05) is 32.8 Å². The van der Waals surface area contributed by atoms with Crippen molar-refractivity contribution in [3.8, 4) is 5.75 Å². The minimum Gasteiger partial charge on any atom is -0.494 e. The molecule has 2 aromatic carbocycles.